The number of benzene rings is 3. The van der Waals surface area contributed by atoms with Crippen LogP contribution in [0.3, 0.4) is 0 Å². The second-order valence-electron chi connectivity index (χ2n) is 14.8. The van der Waals surface area contributed by atoms with Crippen molar-refractivity contribution in [2.45, 2.75) is 89.9 Å². The highest BCUT2D eigenvalue weighted by Crippen LogP contribution is 2.31. The van der Waals surface area contributed by atoms with Crippen LogP contribution in [0.15, 0.2) is 97.3 Å². The number of thiophene rings is 1. The summed E-state index contributed by atoms with van der Waals surface area (Å²) in [6, 6.07) is 20.1. The summed E-state index contributed by atoms with van der Waals surface area (Å²) in [4.78, 5) is 37.4. The first-order valence-corrected chi connectivity index (χ1v) is 20.1. The molecule has 2 unspecified atom stereocenters. The Morgan fingerprint density at radius 1 is 0.807 bits per heavy atom. The van der Waals surface area contributed by atoms with E-state index in [0.29, 0.717) is 17.4 Å². The SMILES string of the molecule is CCCCCCCOc1ccc(-c2cnc(-c3ccc(CC(NC(=S)c4ccc(C(C)(C)C)s4)C(=O)NC(C(=O)O)c4ccc(C(F)(F)F)cc4)cc3)nc2)cc1. The van der Waals surface area contributed by atoms with Crippen LogP contribution in [0.1, 0.15) is 92.3 Å². The first-order chi connectivity index (χ1) is 27.1. The maximum Gasteiger partial charge on any atom is 0.416 e. The number of alkyl halides is 3. The maximum absolute atomic E-state index is 13.8. The Morgan fingerprint density at radius 2 is 1.44 bits per heavy atom. The van der Waals surface area contributed by atoms with Crippen molar-refractivity contribution in [1.29, 1.82) is 0 Å². The molecule has 0 spiro atoms. The molecule has 0 saturated heterocycles. The van der Waals surface area contributed by atoms with Crippen molar-refractivity contribution in [2.24, 2.45) is 0 Å². The van der Waals surface area contributed by atoms with Crippen LogP contribution in [0.25, 0.3) is 22.5 Å². The molecular weight excluding hydrogens is 770 g/mol. The molecule has 0 aliphatic rings. The molecule has 0 radical (unpaired) electrons. The smallest absolute Gasteiger partial charge is 0.416 e. The molecule has 2 heterocycles. The normalized spacial score (nSPS) is 12.8. The van der Waals surface area contributed by atoms with Crippen molar-refractivity contribution < 1.29 is 32.6 Å². The molecule has 0 fully saturated rings. The largest absolute Gasteiger partial charge is 0.494 e. The number of halogens is 3. The van der Waals surface area contributed by atoms with Crippen molar-refractivity contribution in [2.75, 3.05) is 6.61 Å². The molecular formula is C44H47F3N4O4S2. The quantitative estimate of drug-likeness (QED) is 0.0628. The van der Waals surface area contributed by atoms with E-state index in [4.69, 9.17) is 17.0 Å². The number of nitrogens with one attached hydrogen (secondary N) is 2. The average molecular weight is 817 g/mol. The molecule has 5 aromatic rings. The number of thiocarbonyl (C=S) groups is 1. The van der Waals surface area contributed by atoms with Crippen LogP contribution < -0.4 is 15.4 Å². The zero-order chi connectivity index (χ0) is 41.2. The molecule has 0 saturated carbocycles. The predicted molar refractivity (Wildman–Crippen MR) is 222 cm³/mol. The minimum absolute atomic E-state index is 0.0110. The van der Waals surface area contributed by atoms with Gasteiger partial charge in [-0.25, -0.2) is 14.8 Å². The molecule has 8 nitrogen and oxygen atoms in total. The second kappa shape index (κ2) is 19.3. The van der Waals surface area contributed by atoms with Crippen LogP contribution >= 0.6 is 23.6 Å². The molecule has 0 bridgehead atoms. The van der Waals surface area contributed by atoms with Crippen LogP contribution in [0.2, 0.25) is 0 Å². The van der Waals surface area contributed by atoms with E-state index < -0.39 is 35.7 Å². The number of ether oxygens (including phenoxy) is 1. The zero-order valence-corrected chi connectivity index (χ0v) is 34.0. The lowest BCUT2D eigenvalue weighted by molar-refractivity contribution is -0.142. The van der Waals surface area contributed by atoms with Crippen LogP contribution in [0.4, 0.5) is 13.2 Å². The molecule has 13 heteroatoms. The topological polar surface area (TPSA) is 113 Å². The number of hydrogen-bond donors (Lipinski definition) is 3. The number of carbonyl (C=O) groups excluding carboxylic acids is 1. The lowest BCUT2D eigenvalue weighted by atomic mass is 9.95. The van der Waals surface area contributed by atoms with Gasteiger partial charge in [0.25, 0.3) is 0 Å². The van der Waals surface area contributed by atoms with Gasteiger partial charge in [0.15, 0.2) is 11.9 Å². The third-order valence-corrected chi connectivity index (χ3v) is 11.3. The Bertz CT molecular complexity index is 2100. The molecule has 2 atom stereocenters. The van der Waals surface area contributed by atoms with Crippen molar-refractivity contribution >= 4 is 40.4 Å². The Balaban J connectivity index is 1.29. The molecule has 300 valence electrons. The standard InChI is InChI=1S/C44H47F3N4O4S2/c1-5-6-7-8-9-24-55-34-20-16-29(17-21-34)32-26-48-39(49-27-32)31-12-10-28(11-13-31)25-35(50-41(56)36-22-23-37(57-36)43(2,3)4)40(52)51-38(42(53)54)30-14-18-33(19-15-30)44(45,46)47/h10-23,26-27,35,38H,5-9,24-25H2,1-4H3,(H,50,56)(H,51,52)(H,53,54). The Labute approximate surface area is 340 Å². The van der Waals surface area contributed by atoms with E-state index in [1.807, 2.05) is 60.7 Å². The van der Waals surface area contributed by atoms with Gasteiger partial charge in [-0.2, -0.15) is 13.2 Å². The van der Waals surface area contributed by atoms with Crippen molar-refractivity contribution in [3.63, 3.8) is 0 Å². The molecule has 2 aromatic heterocycles. The van der Waals surface area contributed by atoms with Gasteiger partial charge in [0.05, 0.1) is 17.0 Å². The third-order valence-electron chi connectivity index (χ3n) is 9.30. The fourth-order valence-corrected chi connectivity index (χ4v) is 7.29. The van der Waals surface area contributed by atoms with Crippen LogP contribution in [-0.4, -0.2) is 44.6 Å². The average Bonchev–Trinajstić information content (AvgIpc) is 3.70. The van der Waals surface area contributed by atoms with Crippen molar-refractivity contribution in [3.05, 3.63) is 124 Å². The number of carboxylic acid groups (broad SMARTS) is 1. The minimum Gasteiger partial charge on any atom is -0.494 e. The number of hydrogen-bond acceptors (Lipinski definition) is 7. The summed E-state index contributed by atoms with van der Waals surface area (Å²) in [6.07, 6.45) is 4.94. The highest BCUT2D eigenvalue weighted by atomic mass is 32.1. The van der Waals surface area contributed by atoms with Crippen molar-refractivity contribution in [1.82, 2.24) is 20.6 Å². The number of nitrogens with zero attached hydrogens (tertiary/aromatic N) is 2. The summed E-state index contributed by atoms with van der Waals surface area (Å²) in [5.41, 5.74) is 2.24. The monoisotopic (exact) mass is 816 g/mol. The van der Waals surface area contributed by atoms with Gasteiger partial charge in [-0.15, -0.1) is 11.3 Å². The highest BCUT2D eigenvalue weighted by Gasteiger charge is 2.32. The van der Waals surface area contributed by atoms with Gasteiger partial charge in [0, 0.05) is 34.8 Å². The van der Waals surface area contributed by atoms with E-state index in [1.165, 1.54) is 37.0 Å². The lowest BCUT2D eigenvalue weighted by Crippen LogP contribution is -2.49. The molecule has 1 amide bonds. The van der Waals surface area contributed by atoms with Crippen LogP contribution in [0.5, 0.6) is 5.75 Å². The Kier molecular flexibility index (Phi) is 14.6. The molecule has 3 aromatic carbocycles. The fourth-order valence-electron chi connectivity index (χ4n) is 5.99. The molecule has 57 heavy (non-hydrogen) atoms. The molecule has 3 N–H and O–H groups in total. The predicted octanol–water partition coefficient (Wildman–Crippen LogP) is 10.4. The summed E-state index contributed by atoms with van der Waals surface area (Å²) >= 11 is 7.21. The molecule has 0 aliphatic heterocycles. The van der Waals surface area contributed by atoms with Crippen LogP contribution in [-0.2, 0) is 27.6 Å². The first-order valence-electron chi connectivity index (χ1n) is 18.9. The number of aliphatic carboxylic acids is 1. The van der Waals surface area contributed by atoms with E-state index >= 15 is 0 Å². The van der Waals surface area contributed by atoms with E-state index in [2.05, 4.69) is 48.3 Å². The lowest BCUT2D eigenvalue weighted by Gasteiger charge is -2.23. The number of carbonyl (C=O) groups is 2. The van der Waals surface area contributed by atoms with Crippen molar-refractivity contribution in [3.8, 4) is 28.3 Å². The number of amides is 1. The number of unbranched alkanes of at least 4 members (excludes halogenated alkanes) is 4. The summed E-state index contributed by atoms with van der Waals surface area (Å²) in [6.45, 7) is 9.14. The third kappa shape index (κ3) is 12.2. The molecule has 0 aliphatic carbocycles. The summed E-state index contributed by atoms with van der Waals surface area (Å²) in [7, 11) is 0. The van der Waals surface area contributed by atoms with Gasteiger partial charge in [0.2, 0.25) is 5.91 Å². The maximum atomic E-state index is 13.8. The van der Waals surface area contributed by atoms with E-state index in [9.17, 15) is 27.9 Å². The summed E-state index contributed by atoms with van der Waals surface area (Å²) in [5.74, 6) is -0.787. The van der Waals surface area contributed by atoms with Gasteiger partial charge in [-0.3, -0.25) is 4.79 Å². The van der Waals surface area contributed by atoms with Gasteiger partial charge in [-0.05, 0) is 64.9 Å². The Hall–Kier alpha value is -5.14. The molecule has 5 rings (SSSR count). The highest BCUT2D eigenvalue weighted by molar-refractivity contribution is 7.81. The Morgan fingerprint density at radius 3 is 2.02 bits per heavy atom. The minimum atomic E-state index is -4.60. The van der Waals surface area contributed by atoms with Crippen LogP contribution in [0, 0.1) is 0 Å². The second-order valence-corrected chi connectivity index (χ2v) is 16.3. The van der Waals surface area contributed by atoms with Gasteiger partial charge in [-0.1, -0.05) is 114 Å². The van der Waals surface area contributed by atoms with Gasteiger partial charge >= 0.3 is 12.1 Å². The summed E-state index contributed by atoms with van der Waals surface area (Å²) < 4.78 is 45.4. The number of aromatic nitrogens is 2. The van der Waals surface area contributed by atoms with E-state index in [0.717, 1.165) is 68.4 Å². The van der Waals surface area contributed by atoms with Gasteiger partial charge in [0.1, 0.15) is 16.8 Å². The van der Waals surface area contributed by atoms with E-state index in [-0.39, 0.29) is 17.4 Å². The summed E-state index contributed by atoms with van der Waals surface area (Å²) in [5, 5.41) is 15.6. The number of rotatable bonds is 17. The van der Waals surface area contributed by atoms with E-state index in [1.54, 1.807) is 12.4 Å². The van der Waals surface area contributed by atoms with Gasteiger partial charge < -0.3 is 20.5 Å². The number of carboxylic acids is 1. The zero-order valence-electron chi connectivity index (χ0n) is 32.4. The fraction of sp³-hybridized carbons (Fsp3) is 0.341. The first kappa shape index (κ1) is 43.0.